The molecule has 2 unspecified atom stereocenters. The van der Waals surface area contributed by atoms with E-state index in [1.165, 1.54) is 57.8 Å². The summed E-state index contributed by atoms with van der Waals surface area (Å²) in [6.07, 6.45) is 16.6. The summed E-state index contributed by atoms with van der Waals surface area (Å²) < 4.78 is 4.75. The van der Waals surface area contributed by atoms with Crippen LogP contribution >= 0.6 is 0 Å². The number of unbranched alkanes of at least 4 members (excludes halogenated alkanes) is 9. The number of ether oxygens (including phenoxy) is 1. The third-order valence-corrected chi connectivity index (χ3v) is 5.08. The normalized spacial score (nSPS) is 19.1. The summed E-state index contributed by atoms with van der Waals surface area (Å²) in [5.41, 5.74) is 0. The van der Waals surface area contributed by atoms with Crippen LogP contribution in [0.1, 0.15) is 104 Å². The van der Waals surface area contributed by atoms with Gasteiger partial charge in [-0.1, -0.05) is 84.5 Å². The molecule has 0 N–H and O–H groups in total. The summed E-state index contributed by atoms with van der Waals surface area (Å²) in [6.45, 7) is 4.43. The molecule has 0 radical (unpaired) electrons. The molecule has 1 fully saturated rings. The van der Waals surface area contributed by atoms with Crippen LogP contribution in [0.2, 0.25) is 0 Å². The van der Waals surface area contributed by atoms with Crippen LogP contribution in [0.4, 0.5) is 0 Å². The first-order chi connectivity index (χ1) is 11.2. The molecule has 1 saturated heterocycles. The summed E-state index contributed by atoms with van der Waals surface area (Å²) >= 11 is 0. The minimum absolute atomic E-state index is 0.164. The molecule has 0 saturated carbocycles. The molecular weight excluding hydrogens is 288 g/mol. The second kappa shape index (κ2) is 12.5. The molecule has 23 heavy (non-hydrogen) atoms. The molecule has 0 aromatic heterocycles. The number of carbonyl (C=O) groups is 2. The van der Waals surface area contributed by atoms with E-state index in [4.69, 9.17) is 4.74 Å². The molecule has 1 aliphatic rings. The van der Waals surface area contributed by atoms with E-state index in [2.05, 4.69) is 13.8 Å². The van der Waals surface area contributed by atoms with Gasteiger partial charge in [-0.3, -0.25) is 9.59 Å². The molecule has 0 spiro atoms. The van der Waals surface area contributed by atoms with Crippen molar-refractivity contribution in [2.45, 2.75) is 104 Å². The Bertz CT molecular complexity index is 338. The standard InChI is InChI=1S/C20H36O3/c1-3-5-7-8-9-10-11-12-13-15-17(14-6-4-2)18-16-19(21)23-20(18)22/h17-18H,3-16H2,1-2H3. The zero-order valence-corrected chi connectivity index (χ0v) is 15.3. The lowest BCUT2D eigenvalue weighted by Gasteiger charge is -2.20. The fourth-order valence-corrected chi connectivity index (χ4v) is 3.58. The van der Waals surface area contributed by atoms with Crippen molar-refractivity contribution in [3.63, 3.8) is 0 Å². The number of esters is 2. The van der Waals surface area contributed by atoms with Gasteiger partial charge in [0.2, 0.25) is 0 Å². The Morgan fingerprint density at radius 1 is 0.826 bits per heavy atom. The fourth-order valence-electron chi connectivity index (χ4n) is 3.58. The van der Waals surface area contributed by atoms with Gasteiger partial charge < -0.3 is 4.74 Å². The Morgan fingerprint density at radius 2 is 1.35 bits per heavy atom. The van der Waals surface area contributed by atoms with Crippen molar-refractivity contribution in [3.8, 4) is 0 Å². The average Bonchev–Trinajstić information content (AvgIpc) is 2.87. The topological polar surface area (TPSA) is 43.4 Å². The molecule has 0 amide bonds. The maximum absolute atomic E-state index is 11.8. The zero-order valence-electron chi connectivity index (χ0n) is 15.3. The van der Waals surface area contributed by atoms with Gasteiger partial charge in [-0.15, -0.1) is 0 Å². The Labute approximate surface area is 142 Å². The van der Waals surface area contributed by atoms with Gasteiger partial charge in [-0.05, 0) is 18.8 Å². The van der Waals surface area contributed by atoms with E-state index in [9.17, 15) is 9.59 Å². The first-order valence-electron chi connectivity index (χ1n) is 9.93. The first kappa shape index (κ1) is 20.2. The third-order valence-electron chi connectivity index (χ3n) is 5.08. The zero-order chi connectivity index (χ0) is 16.9. The van der Waals surface area contributed by atoms with Crippen LogP contribution in [0.3, 0.4) is 0 Å². The summed E-state index contributed by atoms with van der Waals surface area (Å²) in [4.78, 5) is 23.1. The van der Waals surface area contributed by atoms with Gasteiger partial charge in [0.1, 0.15) is 0 Å². The molecule has 1 rings (SSSR count). The van der Waals surface area contributed by atoms with E-state index in [-0.39, 0.29) is 17.9 Å². The van der Waals surface area contributed by atoms with Crippen LogP contribution in [0.5, 0.6) is 0 Å². The highest BCUT2D eigenvalue weighted by molar-refractivity contribution is 5.94. The van der Waals surface area contributed by atoms with Gasteiger partial charge in [-0.2, -0.15) is 0 Å². The van der Waals surface area contributed by atoms with Gasteiger partial charge >= 0.3 is 11.9 Å². The van der Waals surface area contributed by atoms with Gasteiger partial charge in [0, 0.05) is 0 Å². The molecule has 134 valence electrons. The smallest absolute Gasteiger partial charge is 0.317 e. The van der Waals surface area contributed by atoms with Crippen LogP contribution in [0, 0.1) is 11.8 Å². The van der Waals surface area contributed by atoms with Crippen molar-refractivity contribution < 1.29 is 14.3 Å². The maximum Gasteiger partial charge on any atom is 0.317 e. The number of rotatable bonds is 14. The van der Waals surface area contributed by atoms with Crippen molar-refractivity contribution in [2.75, 3.05) is 0 Å². The van der Waals surface area contributed by atoms with E-state index in [1.807, 2.05) is 0 Å². The second-order valence-electron chi connectivity index (χ2n) is 7.12. The predicted octanol–water partition coefficient (Wildman–Crippen LogP) is 5.80. The lowest BCUT2D eigenvalue weighted by atomic mass is 9.83. The largest absolute Gasteiger partial charge is 0.393 e. The summed E-state index contributed by atoms with van der Waals surface area (Å²) in [6, 6.07) is 0. The minimum Gasteiger partial charge on any atom is -0.393 e. The van der Waals surface area contributed by atoms with Crippen LogP contribution in [-0.2, 0) is 14.3 Å². The highest BCUT2D eigenvalue weighted by Crippen LogP contribution is 2.32. The Morgan fingerprint density at radius 3 is 1.87 bits per heavy atom. The lowest BCUT2D eigenvalue weighted by molar-refractivity contribution is -0.153. The predicted molar refractivity (Wildman–Crippen MR) is 94.1 cm³/mol. The van der Waals surface area contributed by atoms with E-state index < -0.39 is 0 Å². The number of cyclic esters (lactones) is 2. The van der Waals surface area contributed by atoms with Gasteiger partial charge in [0.05, 0.1) is 12.3 Å². The van der Waals surface area contributed by atoms with Gasteiger partial charge in [0.25, 0.3) is 0 Å². The number of hydrogen-bond acceptors (Lipinski definition) is 3. The quantitative estimate of drug-likeness (QED) is 0.230. The second-order valence-corrected chi connectivity index (χ2v) is 7.12. The molecule has 0 aromatic rings. The SMILES string of the molecule is CCCCCCCCCCCC(CCCC)C1CC(=O)OC1=O. The molecule has 1 heterocycles. The van der Waals surface area contributed by atoms with Crippen LogP contribution < -0.4 is 0 Å². The Balaban J connectivity index is 2.16. The van der Waals surface area contributed by atoms with Crippen molar-refractivity contribution in [1.82, 2.24) is 0 Å². The number of carbonyl (C=O) groups excluding carboxylic acids is 2. The Hall–Kier alpha value is -0.860. The van der Waals surface area contributed by atoms with Crippen molar-refractivity contribution in [3.05, 3.63) is 0 Å². The highest BCUT2D eigenvalue weighted by Gasteiger charge is 2.38. The Kier molecular flexibility index (Phi) is 11.0. The summed E-state index contributed by atoms with van der Waals surface area (Å²) in [7, 11) is 0. The molecule has 1 aliphatic heterocycles. The molecule has 0 bridgehead atoms. The van der Waals surface area contributed by atoms with Crippen molar-refractivity contribution in [1.29, 1.82) is 0 Å². The van der Waals surface area contributed by atoms with E-state index in [0.717, 1.165) is 25.7 Å². The molecule has 0 aliphatic carbocycles. The molecule has 2 atom stereocenters. The van der Waals surface area contributed by atoms with Gasteiger partial charge in [0.15, 0.2) is 0 Å². The van der Waals surface area contributed by atoms with Crippen LogP contribution in [-0.4, -0.2) is 11.9 Å². The third kappa shape index (κ3) is 8.53. The van der Waals surface area contributed by atoms with E-state index >= 15 is 0 Å². The molecule has 0 aromatic carbocycles. The summed E-state index contributed by atoms with van der Waals surface area (Å²) in [5, 5.41) is 0. The lowest BCUT2D eigenvalue weighted by Crippen LogP contribution is -2.19. The number of hydrogen-bond donors (Lipinski definition) is 0. The first-order valence-corrected chi connectivity index (χ1v) is 9.93. The van der Waals surface area contributed by atoms with Gasteiger partial charge in [-0.25, -0.2) is 0 Å². The average molecular weight is 325 g/mol. The highest BCUT2D eigenvalue weighted by atomic mass is 16.6. The molecular formula is C20H36O3. The molecule has 3 heteroatoms. The fraction of sp³-hybridized carbons (Fsp3) is 0.900. The van der Waals surface area contributed by atoms with E-state index in [1.54, 1.807) is 0 Å². The van der Waals surface area contributed by atoms with Crippen molar-refractivity contribution in [2.24, 2.45) is 11.8 Å². The van der Waals surface area contributed by atoms with E-state index in [0.29, 0.717) is 12.3 Å². The minimum atomic E-state index is -0.325. The van der Waals surface area contributed by atoms with Crippen molar-refractivity contribution >= 4 is 11.9 Å². The monoisotopic (exact) mass is 324 g/mol. The molecule has 3 nitrogen and oxygen atoms in total. The maximum atomic E-state index is 11.8. The summed E-state index contributed by atoms with van der Waals surface area (Å²) in [5.74, 6) is -0.415. The van der Waals surface area contributed by atoms with Crippen LogP contribution in [0.15, 0.2) is 0 Å². The van der Waals surface area contributed by atoms with Crippen LogP contribution in [0.25, 0.3) is 0 Å².